The van der Waals surface area contributed by atoms with Crippen LogP contribution in [0.5, 0.6) is 0 Å². The van der Waals surface area contributed by atoms with Crippen LogP contribution in [-0.4, -0.2) is 27.1 Å². The monoisotopic (exact) mass is 429 g/mol. The minimum atomic E-state index is -0.227. The second kappa shape index (κ2) is 9.85. The van der Waals surface area contributed by atoms with Gasteiger partial charge in [-0.25, -0.2) is 4.68 Å². The number of hydrogen-bond donors (Lipinski definition) is 0. The van der Waals surface area contributed by atoms with Gasteiger partial charge in [-0.15, -0.1) is 17.9 Å². The van der Waals surface area contributed by atoms with Gasteiger partial charge in [-0.3, -0.25) is 9.59 Å². The van der Waals surface area contributed by atoms with E-state index in [4.69, 9.17) is 11.6 Å². The first-order chi connectivity index (χ1) is 14.0. The number of thiophene rings is 1. The smallest absolute Gasteiger partial charge is 0.275 e. The minimum absolute atomic E-state index is 0.159. The van der Waals surface area contributed by atoms with E-state index < -0.39 is 0 Å². The summed E-state index contributed by atoms with van der Waals surface area (Å²) in [6.45, 7) is 7.17. The van der Waals surface area contributed by atoms with E-state index in [-0.39, 0.29) is 11.5 Å². The van der Waals surface area contributed by atoms with Gasteiger partial charge in [-0.05, 0) is 24.6 Å². The molecule has 0 aliphatic carbocycles. The third-order valence-corrected chi connectivity index (χ3v) is 5.87. The lowest BCUT2D eigenvalue weighted by Crippen LogP contribution is -2.34. The second-order valence-corrected chi connectivity index (χ2v) is 8.61. The van der Waals surface area contributed by atoms with E-state index in [1.165, 1.54) is 16.0 Å². The summed E-state index contributed by atoms with van der Waals surface area (Å²) in [5, 5.41) is 5.57. The molecule has 0 spiro atoms. The molecule has 0 aliphatic rings. The number of nitrogens with zero attached hydrogens (tertiary/aromatic N) is 3. The molecule has 7 heteroatoms. The molecule has 3 rings (SSSR count). The number of aromatic nitrogens is 2. The van der Waals surface area contributed by atoms with Crippen LogP contribution in [0.2, 0.25) is 4.34 Å². The van der Waals surface area contributed by atoms with Gasteiger partial charge in [0.15, 0.2) is 5.69 Å². The van der Waals surface area contributed by atoms with E-state index >= 15 is 0 Å². The van der Waals surface area contributed by atoms with Crippen molar-refractivity contribution in [2.45, 2.75) is 39.3 Å². The molecule has 0 bridgehead atoms. The third-order valence-electron chi connectivity index (χ3n) is 4.66. The van der Waals surface area contributed by atoms with Crippen molar-refractivity contribution >= 4 is 39.6 Å². The molecular formula is C22H24ClN3O2S. The number of fused-ring (bicyclic) bond motifs is 1. The van der Waals surface area contributed by atoms with Gasteiger partial charge in [0.25, 0.3) is 11.5 Å². The fourth-order valence-corrected chi connectivity index (χ4v) is 4.31. The number of carbonyl (C=O) groups is 1. The maximum Gasteiger partial charge on any atom is 0.275 e. The Bertz CT molecular complexity index is 1070. The molecule has 1 amide bonds. The molecule has 152 valence electrons. The van der Waals surface area contributed by atoms with Gasteiger partial charge in [0.1, 0.15) is 0 Å². The molecule has 0 saturated carbocycles. The number of carbonyl (C=O) groups excluding carboxylic acids is 1. The van der Waals surface area contributed by atoms with Crippen LogP contribution in [0, 0.1) is 0 Å². The lowest BCUT2D eigenvalue weighted by atomic mass is 10.1. The molecule has 29 heavy (non-hydrogen) atoms. The summed E-state index contributed by atoms with van der Waals surface area (Å²) in [4.78, 5) is 28.9. The normalized spacial score (nSPS) is 11.0. The van der Waals surface area contributed by atoms with Gasteiger partial charge in [0.2, 0.25) is 0 Å². The summed E-state index contributed by atoms with van der Waals surface area (Å²) in [6.07, 6.45) is 4.59. The summed E-state index contributed by atoms with van der Waals surface area (Å²) < 4.78 is 2.11. The first kappa shape index (κ1) is 21.3. The SMILES string of the molecule is C=CCN(Cc1ccc(Cl)s1)C(=O)c1nn(CCCCC)c(=O)c2ccccc12. The lowest BCUT2D eigenvalue weighted by Gasteiger charge is -2.21. The Morgan fingerprint density at radius 1 is 1.24 bits per heavy atom. The van der Waals surface area contributed by atoms with Crippen molar-refractivity contribution in [3.8, 4) is 0 Å². The van der Waals surface area contributed by atoms with E-state index in [1.807, 2.05) is 24.3 Å². The summed E-state index contributed by atoms with van der Waals surface area (Å²) in [7, 11) is 0. The van der Waals surface area contributed by atoms with Crippen LogP contribution in [0.15, 0.2) is 53.8 Å². The van der Waals surface area contributed by atoms with Gasteiger partial charge in [0, 0.05) is 23.4 Å². The maximum atomic E-state index is 13.4. The van der Waals surface area contributed by atoms with E-state index in [0.29, 0.717) is 40.4 Å². The zero-order valence-electron chi connectivity index (χ0n) is 16.4. The molecule has 1 aromatic carbocycles. The Hall–Kier alpha value is -2.44. The number of aryl methyl sites for hydroxylation is 1. The van der Waals surface area contributed by atoms with Crippen molar-refractivity contribution in [3.63, 3.8) is 0 Å². The summed E-state index contributed by atoms with van der Waals surface area (Å²) in [5.41, 5.74) is 0.134. The summed E-state index contributed by atoms with van der Waals surface area (Å²) >= 11 is 7.48. The molecular weight excluding hydrogens is 406 g/mol. The first-order valence-electron chi connectivity index (χ1n) is 9.69. The Morgan fingerprint density at radius 2 is 2.00 bits per heavy atom. The van der Waals surface area contributed by atoms with Crippen molar-refractivity contribution in [1.29, 1.82) is 0 Å². The van der Waals surface area contributed by atoms with Crippen LogP contribution >= 0.6 is 22.9 Å². The van der Waals surface area contributed by atoms with Crippen molar-refractivity contribution in [1.82, 2.24) is 14.7 Å². The molecule has 0 saturated heterocycles. The third kappa shape index (κ3) is 4.95. The highest BCUT2D eigenvalue weighted by molar-refractivity contribution is 7.16. The van der Waals surface area contributed by atoms with E-state index in [9.17, 15) is 9.59 Å². The van der Waals surface area contributed by atoms with Crippen LogP contribution in [0.25, 0.3) is 10.8 Å². The Kier molecular flexibility index (Phi) is 7.23. The molecule has 0 N–H and O–H groups in total. The van der Waals surface area contributed by atoms with Gasteiger partial charge in [-0.2, -0.15) is 5.10 Å². The number of unbranched alkanes of at least 4 members (excludes halogenated alkanes) is 2. The summed E-state index contributed by atoms with van der Waals surface area (Å²) in [5.74, 6) is -0.227. The molecule has 5 nitrogen and oxygen atoms in total. The highest BCUT2D eigenvalue weighted by atomic mass is 35.5. The number of hydrogen-bond acceptors (Lipinski definition) is 4. The quantitative estimate of drug-likeness (QED) is 0.350. The topological polar surface area (TPSA) is 55.2 Å². The highest BCUT2D eigenvalue weighted by Gasteiger charge is 2.22. The fourth-order valence-electron chi connectivity index (χ4n) is 3.21. The number of halogens is 1. The zero-order valence-corrected chi connectivity index (χ0v) is 18.0. The molecule has 0 radical (unpaired) electrons. The minimum Gasteiger partial charge on any atom is -0.328 e. The van der Waals surface area contributed by atoms with Crippen molar-refractivity contribution in [2.75, 3.05) is 6.54 Å². The van der Waals surface area contributed by atoms with Crippen molar-refractivity contribution in [2.24, 2.45) is 0 Å². The van der Waals surface area contributed by atoms with Crippen molar-refractivity contribution < 1.29 is 4.79 Å². The number of rotatable bonds is 9. The standard InChI is InChI=1S/C22H24ClN3O2S/c1-3-5-8-14-26-21(27)18-10-7-6-9-17(18)20(24-26)22(28)25(13-4-2)15-16-11-12-19(23)29-16/h4,6-7,9-12H,2-3,5,8,13-15H2,1H3. The Balaban J connectivity index is 2.02. The van der Waals surface area contributed by atoms with Crippen LogP contribution in [0.3, 0.4) is 0 Å². The molecule has 3 aromatic rings. The van der Waals surface area contributed by atoms with Crippen LogP contribution in [0.1, 0.15) is 41.6 Å². The molecule has 0 fully saturated rings. The second-order valence-electron chi connectivity index (χ2n) is 6.81. The zero-order chi connectivity index (χ0) is 20.8. The predicted molar refractivity (Wildman–Crippen MR) is 120 cm³/mol. The molecule has 0 aliphatic heterocycles. The van der Waals surface area contributed by atoms with Crippen molar-refractivity contribution in [3.05, 3.63) is 74.3 Å². The molecule has 2 aromatic heterocycles. The van der Waals surface area contributed by atoms with Crippen LogP contribution in [-0.2, 0) is 13.1 Å². The van der Waals surface area contributed by atoms with Gasteiger partial charge < -0.3 is 4.90 Å². The first-order valence-corrected chi connectivity index (χ1v) is 10.9. The summed E-state index contributed by atoms with van der Waals surface area (Å²) in [6, 6.07) is 10.9. The van der Waals surface area contributed by atoms with E-state index in [1.54, 1.807) is 23.1 Å². The lowest BCUT2D eigenvalue weighted by molar-refractivity contribution is 0.0757. The molecule has 2 heterocycles. The maximum absolute atomic E-state index is 13.4. The largest absolute Gasteiger partial charge is 0.328 e. The number of benzene rings is 1. The molecule has 0 atom stereocenters. The Morgan fingerprint density at radius 3 is 2.66 bits per heavy atom. The average molecular weight is 430 g/mol. The average Bonchev–Trinajstić information content (AvgIpc) is 3.14. The highest BCUT2D eigenvalue weighted by Crippen LogP contribution is 2.24. The van der Waals surface area contributed by atoms with Gasteiger partial charge in [-0.1, -0.05) is 55.6 Å². The van der Waals surface area contributed by atoms with E-state index in [0.717, 1.165) is 24.1 Å². The van der Waals surface area contributed by atoms with Crippen LogP contribution in [0.4, 0.5) is 0 Å². The Labute approximate surface area is 179 Å². The van der Waals surface area contributed by atoms with Crippen LogP contribution < -0.4 is 5.56 Å². The fraction of sp³-hybridized carbons (Fsp3) is 0.318. The van der Waals surface area contributed by atoms with Gasteiger partial charge >= 0.3 is 0 Å². The number of amides is 1. The molecule has 0 unspecified atom stereocenters. The van der Waals surface area contributed by atoms with Gasteiger partial charge in [0.05, 0.1) is 16.3 Å². The predicted octanol–water partition coefficient (Wildman–Crippen LogP) is 5.13. The van der Waals surface area contributed by atoms with E-state index in [2.05, 4.69) is 18.6 Å².